The first-order chi connectivity index (χ1) is 9.04. The average Bonchev–Trinajstić information content (AvgIpc) is 2.83. The van der Waals surface area contributed by atoms with E-state index in [0.717, 1.165) is 4.90 Å². The molecule has 7 heteroatoms. The van der Waals surface area contributed by atoms with E-state index in [1.54, 1.807) is 24.3 Å². The summed E-state index contributed by atoms with van der Waals surface area (Å²) >= 11 is 1.26. The molecular weight excluding hydrogens is 268 g/mol. The molecule has 19 heavy (non-hydrogen) atoms. The number of aliphatic carboxylic acids is 1. The molecule has 6 nitrogen and oxygen atoms in total. The SMILES string of the molecule is N#Cc1ccc([C@H]2SCC(C(=O)O)N2C(=O)O)cc1. The predicted molar refractivity (Wildman–Crippen MR) is 67.6 cm³/mol. The second-order valence-electron chi connectivity index (χ2n) is 3.96. The maximum absolute atomic E-state index is 11.2. The lowest BCUT2D eigenvalue weighted by molar-refractivity contribution is -0.141. The molecule has 1 heterocycles. The molecule has 1 fully saturated rings. The summed E-state index contributed by atoms with van der Waals surface area (Å²) in [7, 11) is 0. The quantitative estimate of drug-likeness (QED) is 0.854. The lowest BCUT2D eigenvalue weighted by Gasteiger charge is -2.24. The van der Waals surface area contributed by atoms with Crippen molar-refractivity contribution in [1.29, 1.82) is 5.26 Å². The van der Waals surface area contributed by atoms with Crippen LogP contribution < -0.4 is 0 Å². The van der Waals surface area contributed by atoms with E-state index in [4.69, 9.17) is 15.5 Å². The minimum Gasteiger partial charge on any atom is -0.480 e. The second-order valence-corrected chi connectivity index (χ2v) is 5.08. The Morgan fingerprint density at radius 2 is 1.95 bits per heavy atom. The lowest BCUT2D eigenvalue weighted by Crippen LogP contribution is -2.42. The summed E-state index contributed by atoms with van der Waals surface area (Å²) in [6, 6.07) is 7.41. The molecule has 1 unspecified atom stereocenters. The number of nitrogens with zero attached hydrogens (tertiary/aromatic N) is 2. The van der Waals surface area contributed by atoms with Gasteiger partial charge in [-0.25, -0.2) is 9.59 Å². The Labute approximate surface area is 113 Å². The van der Waals surface area contributed by atoms with E-state index in [9.17, 15) is 9.59 Å². The molecular formula is C12H10N2O4S. The molecule has 0 aliphatic carbocycles. The summed E-state index contributed by atoms with van der Waals surface area (Å²) in [4.78, 5) is 23.2. The van der Waals surface area contributed by atoms with Crippen LogP contribution in [0.2, 0.25) is 0 Å². The first-order valence-corrected chi connectivity index (χ1v) is 6.45. The fourth-order valence-corrected chi connectivity index (χ4v) is 3.32. The maximum atomic E-state index is 11.2. The molecule has 0 bridgehead atoms. The van der Waals surface area contributed by atoms with Crippen LogP contribution in [0.3, 0.4) is 0 Å². The Hall–Kier alpha value is -2.20. The van der Waals surface area contributed by atoms with Gasteiger partial charge in [0, 0.05) is 5.75 Å². The van der Waals surface area contributed by atoms with Gasteiger partial charge in [-0.05, 0) is 17.7 Å². The van der Waals surface area contributed by atoms with Gasteiger partial charge in [-0.15, -0.1) is 11.8 Å². The molecule has 2 atom stereocenters. The zero-order valence-electron chi connectivity index (χ0n) is 9.68. The molecule has 1 aromatic rings. The van der Waals surface area contributed by atoms with Crippen LogP contribution in [0.25, 0.3) is 0 Å². The Kier molecular flexibility index (Phi) is 3.62. The highest BCUT2D eigenvalue weighted by molar-refractivity contribution is 7.99. The van der Waals surface area contributed by atoms with Crippen molar-refractivity contribution in [3.63, 3.8) is 0 Å². The fraction of sp³-hybridized carbons (Fsp3) is 0.250. The van der Waals surface area contributed by atoms with Crippen molar-refractivity contribution in [2.75, 3.05) is 5.75 Å². The molecule has 1 aliphatic heterocycles. The highest BCUT2D eigenvalue weighted by Crippen LogP contribution is 2.41. The van der Waals surface area contributed by atoms with Gasteiger partial charge in [-0.1, -0.05) is 12.1 Å². The van der Waals surface area contributed by atoms with Crippen LogP contribution in [-0.4, -0.2) is 39.0 Å². The highest BCUT2D eigenvalue weighted by atomic mass is 32.2. The number of hydrogen-bond donors (Lipinski definition) is 2. The van der Waals surface area contributed by atoms with Crippen LogP contribution in [0, 0.1) is 11.3 Å². The molecule has 2 rings (SSSR count). The number of carboxylic acids is 1. The van der Waals surface area contributed by atoms with Gasteiger partial charge < -0.3 is 10.2 Å². The summed E-state index contributed by atoms with van der Waals surface area (Å²) in [6.45, 7) is 0. The summed E-state index contributed by atoms with van der Waals surface area (Å²) in [6.07, 6.45) is -1.26. The normalized spacial score (nSPS) is 21.9. The topological polar surface area (TPSA) is 102 Å². The third kappa shape index (κ3) is 2.48. The molecule has 1 saturated heterocycles. The van der Waals surface area contributed by atoms with Gasteiger partial charge in [-0.2, -0.15) is 5.26 Å². The Balaban J connectivity index is 2.30. The van der Waals surface area contributed by atoms with Crippen LogP contribution in [0.1, 0.15) is 16.5 Å². The third-order valence-electron chi connectivity index (χ3n) is 2.83. The van der Waals surface area contributed by atoms with Crippen molar-refractivity contribution < 1.29 is 19.8 Å². The monoisotopic (exact) mass is 278 g/mol. The van der Waals surface area contributed by atoms with Crippen LogP contribution in [0.5, 0.6) is 0 Å². The molecule has 1 amide bonds. The summed E-state index contributed by atoms with van der Waals surface area (Å²) in [5.41, 5.74) is 1.15. The summed E-state index contributed by atoms with van der Waals surface area (Å²) < 4.78 is 0. The molecule has 0 spiro atoms. The smallest absolute Gasteiger partial charge is 0.409 e. The average molecular weight is 278 g/mol. The summed E-state index contributed by atoms with van der Waals surface area (Å²) in [5, 5.41) is 26.3. The van der Waals surface area contributed by atoms with Gasteiger partial charge in [0.2, 0.25) is 0 Å². The van der Waals surface area contributed by atoms with Crippen molar-refractivity contribution >= 4 is 23.8 Å². The minimum absolute atomic E-state index is 0.215. The second kappa shape index (κ2) is 5.20. The molecule has 0 saturated carbocycles. The lowest BCUT2D eigenvalue weighted by atomic mass is 10.1. The maximum Gasteiger partial charge on any atom is 0.409 e. The van der Waals surface area contributed by atoms with Crippen molar-refractivity contribution in [1.82, 2.24) is 4.90 Å². The first-order valence-electron chi connectivity index (χ1n) is 5.40. The number of carboxylic acid groups (broad SMARTS) is 2. The zero-order chi connectivity index (χ0) is 14.0. The Bertz CT molecular complexity index is 552. The van der Waals surface area contributed by atoms with Crippen LogP contribution in [0.4, 0.5) is 4.79 Å². The molecule has 0 aromatic heterocycles. The van der Waals surface area contributed by atoms with E-state index in [2.05, 4.69) is 0 Å². The van der Waals surface area contributed by atoms with E-state index in [1.807, 2.05) is 6.07 Å². The van der Waals surface area contributed by atoms with Crippen molar-refractivity contribution in [2.45, 2.75) is 11.4 Å². The van der Waals surface area contributed by atoms with Gasteiger partial charge in [0.25, 0.3) is 0 Å². The van der Waals surface area contributed by atoms with Crippen molar-refractivity contribution in [3.05, 3.63) is 35.4 Å². The van der Waals surface area contributed by atoms with Gasteiger partial charge in [0.05, 0.1) is 11.6 Å². The van der Waals surface area contributed by atoms with Gasteiger partial charge >= 0.3 is 12.1 Å². The number of amides is 1. The minimum atomic E-state index is -1.26. The van der Waals surface area contributed by atoms with E-state index in [1.165, 1.54) is 11.8 Å². The van der Waals surface area contributed by atoms with Crippen molar-refractivity contribution in [3.8, 4) is 6.07 Å². The van der Waals surface area contributed by atoms with E-state index in [0.29, 0.717) is 11.1 Å². The highest BCUT2D eigenvalue weighted by Gasteiger charge is 2.42. The van der Waals surface area contributed by atoms with Gasteiger partial charge in [0.15, 0.2) is 0 Å². The molecule has 1 aliphatic rings. The summed E-state index contributed by atoms with van der Waals surface area (Å²) in [5.74, 6) is -0.933. The number of rotatable bonds is 2. The number of hydrogen-bond acceptors (Lipinski definition) is 4. The van der Waals surface area contributed by atoms with E-state index in [-0.39, 0.29) is 5.75 Å². The molecule has 98 valence electrons. The van der Waals surface area contributed by atoms with Crippen LogP contribution in [-0.2, 0) is 4.79 Å². The number of nitriles is 1. The fourth-order valence-electron chi connectivity index (χ4n) is 1.91. The molecule has 2 N–H and O–H groups in total. The number of carbonyl (C=O) groups is 2. The van der Waals surface area contributed by atoms with E-state index >= 15 is 0 Å². The largest absolute Gasteiger partial charge is 0.480 e. The van der Waals surface area contributed by atoms with Gasteiger partial charge in [0.1, 0.15) is 11.4 Å². The van der Waals surface area contributed by atoms with Gasteiger partial charge in [-0.3, -0.25) is 4.90 Å². The predicted octanol–water partition coefficient (Wildman–Crippen LogP) is 1.74. The molecule has 0 radical (unpaired) electrons. The first kappa shape index (κ1) is 13.2. The van der Waals surface area contributed by atoms with Crippen LogP contribution in [0.15, 0.2) is 24.3 Å². The molecule has 1 aromatic carbocycles. The Morgan fingerprint density at radius 1 is 1.32 bits per heavy atom. The third-order valence-corrected chi connectivity index (χ3v) is 4.15. The zero-order valence-corrected chi connectivity index (χ0v) is 10.5. The standard InChI is InChI=1S/C12H10N2O4S/c13-5-7-1-3-8(4-2-7)10-14(12(17)18)9(6-19-10)11(15)16/h1-4,9-10H,6H2,(H,15,16)(H,17,18)/t9?,10-/m1/s1. The number of benzene rings is 1. The van der Waals surface area contributed by atoms with Crippen molar-refractivity contribution in [2.24, 2.45) is 0 Å². The number of thioether (sulfide) groups is 1. The Morgan fingerprint density at radius 3 is 2.42 bits per heavy atom. The van der Waals surface area contributed by atoms with Crippen LogP contribution >= 0.6 is 11.8 Å². The van der Waals surface area contributed by atoms with E-state index < -0.39 is 23.5 Å².